The van der Waals surface area contributed by atoms with E-state index in [1.807, 2.05) is 14.1 Å². The first-order valence-corrected chi connectivity index (χ1v) is 6.62. The van der Waals surface area contributed by atoms with Crippen LogP contribution in [0.1, 0.15) is 26.2 Å². The molecule has 0 atom stereocenters. The van der Waals surface area contributed by atoms with Gasteiger partial charge in [-0.3, -0.25) is 4.79 Å². The molecule has 0 aliphatic rings. The fourth-order valence-corrected chi connectivity index (χ4v) is 1.83. The van der Waals surface area contributed by atoms with Crippen molar-refractivity contribution < 1.29 is 0 Å². The lowest BCUT2D eigenvalue weighted by atomic mass is 10.3. The Bertz CT molecular complexity index is 402. The van der Waals surface area contributed by atoms with Gasteiger partial charge in [-0.25, -0.2) is 4.68 Å². The number of unbranched alkanes of at least 4 members (excludes halogenated alkanes) is 1. The van der Waals surface area contributed by atoms with Gasteiger partial charge in [-0.2, -0.15) is 5.10 Å². The summed E-state index contributed by atoms with van der Waals surface area (Å²) in [5, 5.41) is 7.31. The first-order chi connectivity index (χ1) is 8.69. The van der Waals surface area contributed by atoms with Gasteiger partial charge in [0.1, 0.15) is 0 Å². The third kappa shape index (κ3) is 4.49. The highest BCUT2D eigenvalue weighted by molar-refractivity contribution is 5.41. The Morgan fingerprint density at radius 1 is 1.44 bits per heavy atom. The van der Waals surface area contributed by atoms with Crippen molar-refractivity contribution in [3.63, 3.8) is 0 Å². The highest BCUT2D eigenvalue weighted by atomic mass is 16.1. The third-order valence-electron chi connectivity index (χ3n) is 2.90. The van der Waals surface area contributed by atoms with Crippen molar-refractivity contribution in [3.05, 3.63) is 22.6 Å². The largest absolute Gasteiger partial charge is 0.373 e. The molecule has 1 aromatic heterocycles. The monoisotopic (exact) mass is 252 g/mol. The van der Waals surface area contributed by atoms with E-state index in [-0.39, 0.29) is 5.56 Å². The Morgan fingerprint density at radius 3 is 2.83 bits per heavy atom. The van der Waals surface area contributed by atoms with E-state index in [9.17, 15) is 4.79 Å². The van der Waals surface area contributed by atoms with E-state index in [4.69, 9.17) is 0 Å². The number of nitrogens with zero attached hydrogens (tertiary/aromatic N) is 3. The number of hydrogen-bond acceptors (Lipinski definition) is 4. The molecule has 0 aliphatic carbocycles. The molecule has 102 valence electrons. The molecule has 1 rings (SSSR count). The number of aryl methyl sites for hydroxylation is 1. The molecule has 1 heterocycles. The molecule has 0 saturated carbocycles. The molecule has 0 fully saturated rings. The van der Waals surface area contributed by atoms with Crippen LogP contribution in [0.5, 0.6) is 0 Å². The van der Waals surface area contributed by atoms with E-state index in [1.54, 1.807) is 16.9 Å². The second-order valence-corrected chi connectivity index (χ2v) is 4.51. The second-order valence-electron chi connectivity index (χ2n) is 4.51. The number of rotatable bonds is 8. The molecule has 0 amide bonds. The van der Waals surface area contributed by atoms with Crippen LogP contribution >= 0.6 is 0 Å². The third-order valence-corrected chi connectivity index (χ3v) is 2.90. The smallest absolute Gasteiger partial charge is 0.268 e. The molecule has 18 heavy (non-hydrogen) atoms. The Morgan fingerprint density at radius 2 is 2.22 bits per heavy atom. The van der Waals surface area contributed by atoms with E-state index in [0.29, 0.717) is 6.54 Å². The van der Waals surface area contributed by atoms with Crippen LogP contribution in [-0.4, -0.2) is 37.0 Å². The lowest BCUT2D eigenvalue weighted by molar-refractivity contribution is 0.524. The summed E-state index contributed by atoms with van der Waals surface area (Å²) in [6.45, 7) is 4.73. The molecular formula is C13H24N4O. The summed E-state index contributed by atoms with van der Waals surface area (Å²) < 4.78 is 1.54. The maximum Gasteiger partial charge on any atom is 0.268 e. The van der Waals surface area contributed by atoms with Crippen molar-refractivity contribution in [1.82, 2.24) is 15.1 Å². The Kier molecular flexibility index (Phi) is 6.43. The highest BCUT2D eigenvalue weighted by Crippen LogP contribution is 2.07. The predicted octanol–water partition coefficient (Wildman–Crippen LogP) is 1.09. The Labute approximate surface area is 109 Å². The zero-order chi connectivity index (χ0) is 13.4. The molecule has 0 aromatic carbocycles. The molecule has 5 heteroatoms. The van der Waals surface area contributed by atoms with Crippen LogP contribution in [0, 0.1) is 0 Å². The summed E-state index contributed by atoms with van der Waals surface area (Å²) in [5.74, 6) is 0. The van der Waals surface area contributed by atoms with Gasteiger partial charge in [0.2, 0.25) is 0 Å². The molecular weight excluding hydrogens is 228 g/mol. The molecule has 5 nitrogen and oxygen atoms in total. The molecule has 1 N–H and O–H groups in total. The van der Waals surface area contributed by atoms with Crippen molar-refractivity contribution in [3.8, 4) is 0 Å². The van der Waals surface area contributed by atoms with Crippen molar-refractivity contribution in [2.24, 2.45) is 0 Å². The maximum atomic E-state index is 11.9. The SMILES string of the molecule is CCCN(C)c1cnn(CCCCNC)c(=O)c1. The quantitative estimate of drug-likeness (QED) is 0.704. The van der Waals surface area contributed by atoms with E-state index in [0.717, 1.165) is 38.0 Å². The first-order valence-electron chi connectivity index (χ1n) is 6.62. The minimum absolute atomic E-state index is 0.0140. The van der Waals surface area contributed by atoms with Crippen LogP contribution in [-0.2, 0) is 6.54 Å². The summed E-state index contributed by atoms with van der Waals surface area (Å²) in [5.41, 5.74) is 0.883. The van der Waals surface area contributed by atoms with Gasteiger partial charge < -0.3 is 10.2 Å². The molecule has 0 saturated heterocycles. The standard InChI is InChI=1S/C13H24N4O/c1-4-8-16(3)12-10-13(18)17(15-11-12)9-6-5-7-14-2/h10-11,14H,4-9H2,1-3H3. The van der Waals surface area contributed by atoms with Gasteiger partial charge in [0.25, 0.3) is 5.56 Å². The fraction of sp³-hybridized carbons (Fsp3) is 0.692. The minimum Gasteiger partial charge on any atom is -0.373 e. The van der Waals surface area contributed by atoms with E-state index in [2.05, 4.69) is 22.2 Å². The average Bonchev–Trinajstić information content (AvgIpc) is 2.36. The predicted molar refractivity (Wildman–Crippen MR) is 75.2 cm³/mol. The van der Waals surface area contributed by atoms with Crippen LogP contribution in [0.3, 0.4) is 0 Å². The van der Waals surface area contributed by atoms with E-state index >= 15 is 0 Å². The maximum absolute atomic E-state index is 11.9. The van der Waals surface area contributed by atoms with Crippen LogP contribution in [0.15, 0.2) is 17.1 Å². The van der Waals surface area contributed by atoms with Crippen LogP contribution in [0.2, 0.25) is 0 Å². The van der Waals surface area contributed by atoms with Gasteiger partial charge in [0.05, 0.1) is 11.9 Å². The van der Waals surface area contributed by atoms with Crippen LogP contribution < -0.4 is 15.8 Å². The average molecular weight is 252 g/mol. The van der Waals surface area contributed by atoms with Gasteiger partial charge in [-0.05, 0) is 32.9 Å². The van der Waals surface area contributed by atoms with Gasteiger partial charge in [-0.1, -0.05) is 6.92 Å². The number of nitrogens with one attached hydrogen (secondary N) is 1. The molecule has 0 radical (unpaired) electrons. The Balaban J connectivity index is 2.59. The van der Waals surface area contributed by atoms with Gasteiger partial charge in [0, 0.05) is 26.2 Å². The lowest BCUT2D eigenvalue weighted by Gasteiger charge is -2.17. The summed E-state index contributed by atoms with van der Waals surface area (Å²) in [4.78, 5) is 13.9. The number of anilines is 1. The van der Waals surface area contributed by atoms with E-state index in [1.165, 1.54) is 0 Å². The summed E-state index contributed by atoms with van der Waals surface area (Å²) in [7, 11) is 3.92. The lowest BCUT2D eigenvalue weighted by Crippen LogP contribution is -2.26. The zero-order valence-corrected chi connectivity index (χ0v) is 11.6. The zero-order valence-electron chi connectivity index (χ0n) is 11.6. The van der Waals surface area contributed by atoms with Crippen molar-refractivity contribution >= 4 is 5.69 Å². The summed E-state index contributed by atoms with van der Waals surface area (Å²) in [6.07, 6.45) is 4.86. The topological polar surface area (TPSA) is 50.2 Å². The second kappa shape index (κ2) is 7.87. The van der Waals surface area contributed by atoms with Crippen molar-refractivity contribution in [2.75, 3.05) is 32.1 Å². The van der Waals surface area contributed by atoms with Gasteiger partial charge in [-0.15, -0.1) is 0 Å². The summed E-state index contributed by atoms with van der Waals surface area (Å²) >= 11 is 0. The molecule has 0 aliphatic heterocycles. The summed E-state index contributed by atoms with van der Waals surface area (Å²) in [6, 6.07) is 1.67. The van der Waals surface area contributed by atoms with Crippen molar-refractivity contribution in [2.45, 2.75) is 32.7 Å². The Hall–Kier alpha value is -1.36. The van der Waals surface area contributed by atoms with Crippen molar-refractivity contribution in [1.29, 1.82) is 0 Å². The fourth-order valence-electron chi connectivity index (χ4n) is 1.83. The van der Waals surface area contributed by atoms with Gasteiger partial charge >= 0.3 is 0 Å². The molecule has 0 unspecified atom stereocenters. The first kappa shape index (κ1) is 14.7. The van der Waals surface area contributed by atoms with Crippen LogP contribution in [0.4, 0.5) is 5.69 Å². The highest BCUT2D eigenvalue weighted by Gasteiger charge is 2.03. The normalized spacial score (nSPS) is 10.6. The number of hydrogen-bond donors (Lipinski definition) is 1. The number of aromatic nitrogens is 2. The van der Waals surface area contributed by atoms with E-state index < -0.39 is 0 Å². The van der Waals surface area contributed by atoms with Crippen LogP contribution in [0.25, 0.3) is 0 Å². The molecule has 0 spiro atoms. The molecule has 1 aromatic rings. The van der Waals surface area contributed by atoms with Gasteiger partial charge in [0.15, 0.2) is 0 Å². The molecule has 0 bridgehead atoms. The minimum atomic E-state index is -0.0140.